The van der Waals surface area contributed by atoms with E-state index in [2.05, 4.69) is 17.6 Å². The lowest BCUT2D eigenvalue weighted by molar-refractivity contribution is 0.259. The molecular weight excluding hydrogens is 202 g/mol. The number of carbonyl (C=O) groups excluding carboxylic acids is 1. The van der Waals surface area contributed by atoms with E-state index in [1.807, 2.05) is 24.3 Å². The van der Waals surface area contributed by atoms with Crippen LogP contribution >= 0.6 is 0 Å². The van der Waals surface area contributed by atoms with Gasteiger partial charge in [0.25, 0.3) is 0 Å². The van der Waals surface area contributed by atoms with Gasteiger partial charge in [-0.05, 0) is 43.0 Å². The van der Waals surface area contributed by atoms with Gasteiger partial charge in [-0.3, -0.25) is 0 Å². The van der Waals surface area contributed by atoms with E-state index in [9.17, 15) is 4.79 Å². The summed E-state index contributed by atoms with van der Waals surface area (Å²) in [5.41, 5.74) is 6.84. The Bertz CT molecular complexity index is 368. The van der Waals surface area contributed by atoms with Gasteiger partial charge in [0.1, 0.15) is 0 Å². The molecule has 1 aliphatic carbocycles. The van der Waals surface area contributed by atoms with Crippen LogP contribution in [0.2, 0.25) is 0 Å². The third-order valence-electron chi connectivity index (χ3n) is 2.90. The lowest BCUT2D eigenvalue weighted by Crippen LogP contribution is -2.33. The standard InChI is InChI=1S/C12H17N3O/c1-8-6-11(7-8)14-9-2-4-10(5-3-9)15-12(13)16/h2-5,8,11,14H,6-7H2,1H3,(H3,13,15,16). The van der Waals surface area contributed by atoms with Gasteiger partial charge in [0, 0.05) is 17.4 Å². The summed E-state index contributed by atoms with van der Waals surface area (Å²) in [5.74, 6) is 0.841. The molecule has 2 rings (SSSR count). The third-order valence-corrected chi connectivity index (χ3v) is 2.90. The molecule has 1 aliphatic rings. The number of benzene rings is 1. The zero-order valence-electron chi connectivity index (χ0n) is 9.36. The molecule has 1 fully saturated rings. The maximum atomic E-state index is 10.6. The number of urea groups is 1. The molecule has 0 unspecified atom stereocenters. The van der Waals surface area contributed by atoms with Crippen molar-refractivity contribution in [1.29, 1.82) is 0 Å². The molecule has 0 bridgehead atoms. The van der Waals surface area contributed by atoms with Crippen LogP contribution < -0.4 is 16.4 Å². The summed E-state index contributed by atoms with van der Waals surface area (Å²) in [4.78, 5) is 10.6. The van der Waals surface area contributed by atoms with Crippen molar-refractivity contribution in [2.75, 3.05) is 10.6 Å². The van der Waals surface area contributed by atoms with Crippen LogP contribution in [0.5, 0.6) is 0 Å². The quantitative estimate of drug-likeness (QED) is 0.730. The molecule has 86 valence electrons. The molecule has 1 aromatic carbocycles. The normalized spacial score (nSPS) is 23.3. The van der Waals surface area contributed by atoms with Crippen LogP contribution in [0.1, 0.15) is 19.8 Å². The van der Waals surface area contributed by atoms with Gasteiger partial charge in [-0.25, -0.2) is 4.79 Å². The highest BCUT2D eigenvalue weighted by Gasteiger charge is 2.24. The minimum Gasteiger partial charge on any atom is -0.382 e. The van der Waals surface area contributed by atoms with Crippen molar-refractivity contribution in [3.8, 4) is 0 Å². The van der Waals surface area contributed by atoms with Crippen molar-refractivity contribution in [3.05, 3.63) is 24.3 Å². The summed E-state index contributed by atoms with van der Waals surface area (Å²) in [6, 6.07) is 7.66. The minimum atomic E-state index is -0.534. The number of hydrogen-bond donors (Lipinski definition) is 3. The molecule has 0 spiro atoms. The fourth-order valence-corrected chi connectivity index (χ4v) is 2.05. The van der Waals surface area contributed by atoms with Crippen LogP contribution in [0.4, 0.5) is 16.2 Å². The van der Waals surface area contributed by atoms with E-state index >= 15 is 0 Å². The molecule has 4 N–H and O–H groups in total. The van der Waals surface area contributed by atoms with E-state index in [-0.39, 0.29) is 0 Å². The highest BCUT2D eigenvalue weighted by Crippen LogP contribution is 2.29. The zero-order chi connectivity index (χ0) is 11.5. The molecule has 1 aromatic rings. The second-order valence-electron chi connectivity index (χ2n) is 4.48. The fraction of sp³-hybridized carbons (Fsp3) is 0.417. The monoisotopic (exact) mass is 219 g/mol. The van der Waals surface area contributed by atoms with Crippen molar-refractivity contribution in [3.63, 3.8) is 0 Å². The number of nitrogens with two attached hydrogens (primary N) is 1. The molecule has 16 heavy (non-hydrogen) atoms. The predicted molar refractivity (Wildman–Crippen MR) is 65.5 cm³/mol. The minimum absolute atomic E-state index is 0.534. The van der Waals surface area contributed by atoms with E-state index in [1.165, 1.54) is 12.8 Å². The van der Waals surface area contributed by atoms with Crippen molar-refractivity contribution >= 4 is 17.4 Å². The first-order chi connectivity index (χ1) is 7.63. The fourth-order valence-electron chi connectivity index (χ4n) is 2.05. The average molecular weight is 219 g/mol. The topological polar surface area (TPSA) is 67.2 Å². The van der Waals surface area contributed by atoms with Crippen molar-refractivity contribution < 1.29 is 4.79 Å². The third kappa shape index (κ3) is 2.66. The van der Waals surface area contributed by atoms with Crippen LogP contribution in [0.3, 0.4) is 0 Å². The lowest BCUT2D eigenvalue weighted by atomic mass is 9.82. The highest BCUT2D eigenvalue weighted by molar-refractivity contribution is 5.87. The second-order valence-corrected chi connectivity index (χ2v) is 4.48. The predicted octanol–water partition coefficient (Wildman–Crippen LogP) is 2.39. The van der Waals surface area contributed by atoms with Crippen molar-refractivity contribution in [1.82, 2.24) is 0 Å². The van der Waals surface area contributed by atoms with Crippen molar-refractivity contribution in [2.45, 2.75) is 25.8 Å². The smallest absolute Gasteiger partial charge is 0.316 e. The Morgan fingerprint density at radius 2 is 1.81 bits per heavy atom. The van der Waals surface area contributed by atoms with Gasteiger partial charge < -0.3 is 16.4 Å². The Morgan fingerprint density at radius 1 is 1.25 bits per heavy atom. The van der Waals surface area contributed by atoms with E-state index in [1.54, 1.807) is 0 Å². The number of carbonyl (C=O) groups is 1. The van der Waals surface area contributed by atoms with Crippen LogP contribution in [-0.4, -0.2) is 12.1 Å². The number of primary amides is 1. The first-order valence-electron chi connectivity index (χ1n) is 5.56. The Kier molecular flexibility index (Phi) is 2.99. The molecule has 4 heteroatoms. The van der Waals surface area contributed by atoms with Gasteiger partial charge in [0.05, 0.1) is 0 Å². The molecule has 0 saturated heterocycles. The average Bonchev–Trinajstić information content (AvgIpc) is 2.18. The Balaban J connectivity index is 1.89. The van der Waals surface area contributed by atoms with Crippen LogP contribution in [0.15, 0.2) is 24.3 Å². The molecular formula is C12H17N3O. The molecule has 0 atom stereocenters. The molecule has 2 amide bonds. The number of nitrogens with one attached hydrogen (secondary N) is 2. The van der Waals surface area contributed by atoms with Gasteiger partial charge in [0.2, 0.25) is 0 Å². The SMILES string of the molecule is CC1CC(Nc2ccc(NC(N)=O)cc2)C1. The van der Waals surface area contributed by atoms with E-state index in [4.69, 9.17) is 5.73 Å². The lowest BCUT2D eigenvalue weighted by Gasteiger charge is -2.34. The highest BCUT2D eigenvalue weighted by atomic mass is 16.2. The molecule has 0 aliphatic heterocycles. The Hall–Kier alpha value is -1.71. The summed E-state index contributed by atoms with van der Waals surface area (Å²) >= 11 is 0. The molecule has 0 aromatic heterocycles. The summed E-state index contributed by atoms with van der Waals surface area (Å²) in [6.45, 7) is 2.26. The van der Waals surface area contributed by atoms with Crippen LogP contribution in [0, 0.1) is 5.92 Å². The number of anilines is 2. The first-order valence-corrected chi connectivity index (χ1v) is 5.56. The van der Waals surface area contributed by atoms with E-state index in [0.29, 0.717) is 6.04 Å². The summed E-state index contributed by atoms with van der Waals surface area (Å²) in [5, 5.41) is 5.98. The Labute approximate surface area is 95.2 Å². The maximum Gasteiger partial charge on any atom is 0.316 e. The second kappa shape index (κ2) is 4.43. The summed E-state index contributed by atoms with van der Waals surface area (Å²) < 4.78 is 0. The van der Waals surface area contributed by atoms with Crippen LogP contribution in [0.25, 0.3) is 0 Å². The van der Waals surface area contributed by atoms with Gasteiger partial charge in [0.15, 0.2) is 0 Å². The summed E-state index contributed by atoms with van der Waals surface area (Å²) in [6.07, 6.45) is 2.47. The molecule has 0 heterocycles. The van der Waals surface area contributed by atoms with Gasteiger partial charge in [-0.1, -0.05) is 6.92 Å². The van der Waals surface area contributed by atoms with E-state index in [0.717, 1.165) is 17.3 Å². The largest absolute Gasteiger partial charge is 0.382 e. The van der Waals surface area contributed by atoms with E-state index < -0.39 is 6.03 Å². The first kappa shape index (κ1) is 10.8. The van der Waals surface area contributed by atoms with Gasteiger partial charge in [-0.2, -0.15) is 0 Å². The number of amides is 2. The molecule has 1 saturated carbocycles. The Morgan fingerprint density at radius 3 is 2.31 bits per heavy atom. The number of rotatable bonds is 3. The molecule has 4 nitrogen and oxygen atoms in total. The van der Waals surface area contributed by atoms with Crippen molar-refractivity contribution in [2.24, 2.45) is 11.7 Å². The summed E-state index contributed by atoms with van der Waals surface area (Å²) in [7, 11) is 0. The van der Waals surface area contributed by atoms with Gasteiger partial charge >= 0.3 is 6.03 Å². The zero-order valence-corrected chi connectivity index (χ0v) is 9.36. The number of hydrogen-bond acceptors (Lipinski definition) is 2. The maximum absolute atomic E-state index is 10.6. The molecule has 0 radical (unpaired) electrons. The van der Waals surface area contributed by atoms with Crippen LogP contribution in [-0.2, 0) is 0 Å². The van der Waals surface area contributed by atoms with Gasteiger partial charge in [-0.15, -0.1) is 0 Å².